The number of rotatable bonds is 2. The molecule has 0 saturated heterocycles. The van der Waals surface area contributed by atoms with Crippen molar-refractivity contribution in [3.8, 4) is 10.6 Å². The zero-order valence-electron chi connectivity index (χ0n) is 13.8. The lowest BCUT2D eigenvalue weighted by Crippen LogP contribution is -2.32. The summed E-state index contributed by atoms with van der Waals surface area (Å²) in [4.78, 5) is 26.5. The summed E-state index contributed by atoms with van der Waals surface area (Å²) >= 11 is 7.72. The minimum absolute atomic E-state index is 0.306. The quantitative estimate of drug-likeness (QED) is 0.638. The van der Waals surface area contributed by atoms with Crippen molar-refractivity contribution in [2.75, 3.05) is 4.90 Å². The third-order valence-electron chi connectivity index (χ3n) is 4.32. The Hall–Kier alpha value is -2.44. The zero-order valence-corrected chi connectivity index (χ0v) is 15.4. The van der Waals surface area contributed by atoms with Gasteiger partial charge in [-0.05, 0) is 43.0 Å². The first kappa shape index (κ1) is 16.1. The Bertz CT molecular complexity index is 1090. The molecule has 1 aliphatic heterocycles. The van der Waals surface area contributed by atoms with Crippen molar-refractivity contribution in [2.24, 2.45) is 7.05 Å². The summed E-state index contributed by atoms with van der Waals surface area (Å²) in [7, 11) is 1.73. The maximum absolute atomic E-state index is 12.2. The second kappa shape index (κ2) is 5.54. The topological polar surface area (TPSA) is 55.2 Å². The number of aryl methyl sites for hydroxylation is 2. The molecule has 0 fully saturated rings. The molecular formula is C18H14ClN3O2S. The van der Waals surface area contributed by atoms with Crippen LogP contribution in [0.3, 0.4) is 0 Å². The number of anilines is 1. The fraction of sp³-hybridized carbons (Fsp3) is 0.167. The first-order valence-electron chi connectivity index (χ1n) is 7.66. The summed E-state index contributed by atoms with van der Waals surface area (Å²) in [5.74, 6) is -0.177. The Morgan fingerprint density at radius 2 is 1.92 bits per heavy atom. The highest BCUT2D eigenvalue weighted by molar-refractivity contribution is 7.22. The van der Waals surface area contributed by atoms with Crippen LogP contribution in [0.4, 0.5) is 5.82 Å². The SMILES string of the molecule is CC1=CC(=O)N(c2cc(-c3sc4ccc(Cl)cc4c3C)nn2C)C1=O. The van der Waals surface area contributed by atoms with Crippen LogP contribution in [0.1, 0.15) is 12.5 Å². The number of benzene rings is 1. The summed E-state index contributed by atoms with van der Waals surface area (Å²) in [6.45, 7) is 3.66. The predicted octanol–water partition coefficient (Wildman–Crippen LogP) is 4.08. The Balaban J connectivity index is 1.83. The van der Waals surface area contributed by atoms with Gasteiger partial charge in [0.1, 0.15) is 11.5 Å². The Morgan fingerprint density at radius 3 is 2.60 bits per heavy atom. The standard InChI is InChI=1S/C18H14ClN3O2S/c1-9-6-16(23)22(18(9)24)15-8-13(20-21(15)3)17-10(2)12-7-11(19)4-5-14(12)25-17/h4-8H,1-3H3. The second-order valence-electron chi connectivity index (χ2n) is 6.01. The van der Waals surface area contributed by atoms with Crippen molar-refractivity contribution < 1.29 is 9.59 Å². The number of carbonyl (C=O) groups is 2. The van der Waals surface area contributed by atoms with Crippen LogP contribution in [-0.2, 0) is 16.6 Å². The number of hydrogen-bond acceptors (Lipinski definition) is 4. The second-order valence-corrected chi connectivity index (χ2v) is 7.50. The van der Waals surface area contributed by atoms with Gasteiger partial charge in [-0.25, -0.2) is 4.90 Å². The number of aromatic nitrogens is 2. The maximum Gasteiger partial charge on any atom is 0.262 e. The lowest BCUT2D eigenvalue weighted by atomic mass is 10.1. The number of hydrogen-bond donors (Lipinski definition) is 0. The van der Waals surface area contributed by atoms with Crippen LogP contribution >= 0.6 is 22.9 Å². The van der Waals surface area contributed by atoms with Crippen LogP contribution in [0, 0.1) is 6.92 Å². The van der Waals surface area contributed by atoms with Gasteiger partial charge in [0.2, 0.25) is 0 Å². The van der Waals surface area contributed by atoms with Gasteiger partial charge in [0, 0.05) is 34.5 Å². The molecule has 0 unspecified atom stereocenters. The number of amides is 2. The molecule has 2 aromatic heterocycles. The molecule has 126 valence electrons. The molecule has 0 N–H and O–H groups in total. The van der Waals surface area contributed by atoms with Crippen molar-refractivity contribution in [1.29, 1.82) is 0 Å². The van der Waals surface area contributed by atoms with E-state index in [4.69, 9.17) is 11.6 Å². The Labute approximate surface area is 153 Å². The van der Waals surface area contributed by atoms with Gasteiger partial charge in [0.15, 0.2) is 0 Å². The average Bonchev–Trinajstić information content (AvgIpc) is 3.16. The number of nitrogens with zero attached hydrogens (tertiary/aromatic N) is 3. The van der Waals surface area contributed by atoms with Crippen LogP contribution in [-0.4, -0.2) is 21.6 Å². The van der Waals surface area contributed by atoms with E-state index in [0.717, 1.165) is 31.1 Å². The number of carbonyl (C=O) groups excluding carboxylic acids is 2. The average molecular weight is 372 g/mol. The van der Waals surface area contributed by atoms with Gasteiger partial charge in [-0.3, -0.25) is 14.3 Å². The minimum atomic E-state index is -0.336. The largest absolute Gasteiger partial charge is 0.269 e. The molecule has 0 radical (unpaired) electrons. The van der Waals surface area contributed by atoms with Crippen LogP contribution in [0.25, 0.3) is 20.7 Å². The normalized spacial score (nSPS) is 14.7. The van der Waals surface area contributed by atoms with Crippen molar-refractivity contribution >= 4 is 50.7 Å². The molecule has 25 heavy (non-hydrogen) atoms. The first-order chi connectivity index (χ1) is 11.9. The molecule has 1 aliphatic rings. The van der Waals surface area contributed by atoms with E-state index in [0.29, 0.717) is 16.4 Å². The van der Waals surface area contributed by atoms with Crippen LogP contribution in [0.5, 0.6) is 0 Å². The van der Waals surface area contributed by atoms with Crippen molar-refractivity contribution in [2.45, 2.75) is 13.8 Å². The molecule has 3 heterocycles. The maximum atomic E-state index is 12.2. The fourth-order valence-corrected chi connectivity index (χ4v) is 4.34. The molecular weight excluding hydrogens is 358 g/mol. The van der Waals surface area contributed by atoms with E-state index in [1.54, 1.807) is 36.1 Å². The number of imide groups is 1. The molecule has 0 bridgehead atoms. The van der Waals surface area contributed by atoms with E-state index in [2.05, 4.69) is 5.10 Å². The van der Waals surface area contributed by atoms with Gasteiger partial charge in [0.25, 0.3) is 11.8 Å². The van der Waals surface area contributed by atoms with E-state index in [9.17, 15) is 9.59 Å². The lowest BCUT2D eigenvalue weighted by molar-refractivity contribution is -0.120. The van der Waals surface area contributed by atoms with Crippen LogP contribution in [0.15, 0.2) is 35.9 Å². The molecule has 2 amide bonds. The Morgan fingerprint density at radius 1 is 1.16 bits per heavy atom. The van der Waals surface area contributed by atoms with Crippen molar-refractivity contribution in [3.05, 3.63) is 46.5 Å². The molecule has 5 nitrogen and oxygen atoms in total. The third kappa shape index (κ3) is 2.41. The van der Waals surface area contributed by atoms with E-state index in [-0.39, 0.29) is 11.8 Å². The molecule has 0 saturated carbocycles. The van der Waals surface area contributed by atoms with Crippen molar-refractivity contribution in [1.82, 2.24) is 9.78 Å². The molecule has 1 aromatic carbocycles. The van der Waals surface area contributed by atoms with Gasteiger partial charge in [-0.1, -0.05) is 11.6 Å². The summed E-state index contributed by atoms with van der Waals surface area (Å²) in [6.07, 6.45) is 1.35. The summed E-state index contributed by atoms with van der Waals surface area (Å²) in [5, 5.41) is 6.30. The number of thiophene rings is 1. The molecule has 0 aliphatic carbocycles. The molecule has 0 spiro atoms. The Kier molecular flexibility index (Phi) is 3.56. The predicted molar refractivity (Wildman–Crippen MR) is 100 cm³/mol. The van der Waals surface area contributed by atoms with E-state index >= 15 is 0 Å². The molecule has 0 atom stereocenters. The smallest absolute Gasteiger partial charge is 0.262 e. The monoisotopic (exact) mass is 371 g/mol. The van der Waals surface area contributed by atoms with Gasteiger partial charge < -0.3 is 0 Å². The number of fused-ring (bicyclic) bond motifs is 1. The molecule has 4 rings (SSSR count). The van der Waals surface area contributed by atoms with E-state index in [1.807, 2.05) is 25.1 Å². The molecule has 3 aromatic rings. The number of halogens is 1. The fourth-order valence-electron chi connectivity index (χ4n) is 3.02. The zero-order chi connectivity index (χ0) is 17.9. The highest BCUT2D eigenvalue weighted by Crippen LogP contribution is 2.39. The lowest BCUT2D eigenvalue weighted by Gasteiger charge is -2.13. The van der Waals surface area contributed by atoms with Gasteiger partial charge in [-0.2, -0.15) is 5.10 Å². The summed E-state index contributed by atoms with van der Waals surface area (Å²) < 4.78 is 2.68. The summed E-state index contributed by atoms with van der Waals surface area (Å²) in [5.41, 5.74) is 2.25. The highest BCUT2D eigenvalue weighted by Gasteiger charge is 2.32. The van der Waals surface area contributed by atoms with Gasteiger partial charge in [0.05, 0.1) is 4.88 Å². The van der Waals surface area contributed by atoms with Crippen LogP contribution in [0.2, 0.25) is 5.02 Å². The van der Waals surface area contributed by atoms with E-state index < -0.39 is 0 Å². The third-order valence-corrected chi connectivity index (χ3v) is 5.85. The highest BCUT2D eigenvalue weighted by atomic mass is 35.5. The van der Waals surface area contributed by atoms with E-state index in [1.165, 1.54) is 6.08 Å². The summed E-state index contributed by atoms with van der Waals surface area (Å²) in [6, 6.07) is 7.57. The van der Waals surface area contributed by atoms with Gasteiger partial charge >= 0.3 is 0 Å². The van der Waals surface area contributed by atoms with Crippen LogP contribution < -0.4 is 4.90 Å². The first-order valence-corrected chi connectivity index (χ1v) is 8.86. The van der Waals surface area contributed by atoms with Gasteiger partial charge in [-0.15, -0.1) is 11.3 Å². The minimum Gasteiger partial charge on any atom is -0.269 e. The van der Waals surface area contributed by atoms with Crippen molar-refractivity contribution in [3.63, 3.8) is 0 Å². The molecule has 7 heteroatoms.